The molecule has 0 bridgehead atoms. The first-order valence-electron chi connectivity index (χ1n) is 8.43. The van der Waals surface area contributed by atoms with Crippen LogP contribution in [-0.2, 0) is 0 Å². The molecule has 4 heteroatoms. The zero-order chi connectivity index (χ0) is 16.1. The van der Waals surface area contributed by atoms with Crippen LogP contribution in [0.4, 0.5) is 0 Å². The summed E-state index contributed by atoms with van der Waals surface area (Å²) in [6, 6.07) is 16.0. The van der Waals surface area contributed by atoms with Crippen LogP contribution in [0, 0.1) is 0 Å². The van der Waals surface area contributed by atoms with Gasteiger partial charge in [0.15, 0.2) is 0 Å². The Morgan fingerprint density at radius 2 is 1.83 bits per heavy atom. The number of thioether (sulfide) groups is 1. The summed E-state index contributed by atoms with van der Waals surface area (Å²) in [6.45, 7) is 5.75. The Morgan fingerprint density at radius 3 is 2.57 bits per heavy atom. The summed E-state index contributed by atoms with van der Waals surface area (Å²) in [6.07, 6.45) is 0. The van der Waals surface area contributed by atoms with Gasteiger partial charge in [-0.3, -0.25) is 4.90 Å². The van der Waals surface area contributed by atoms with Crippen LogP contribution in [0.5, 0.6) is 0 Å². The van der Waals surface area contributed by atoms with Crippen LogP contribution >= 0.6 is 11.8 Å². The molecular weight excluding hydrogens is 302 g/mol. The minimum atomic E-state index is 0.588. The highest BCUT2D eigenvalue weighted by Crippen LogP contribution is 2.25. The van der Waals surface area contributed by atoms with Gasteiger partial charge in [0, 0.05) is 49.4 Å². The molecule has 0 aromatic heterocycles. The van der Waals surface area contributed by atoms with Gasteiger partial charge in [-0.15, -0.1) is 11.8 Å². The third kappa shape index (κ3) is 4.70. The number of hydrogen-bond acceptors (Lipinski definition) is 4. The third-order valence-electron chi connectivity index (χ3n) is 4.57. The molecule has 1 N–H and O–H groups in total. The fourth-order valence-electron chi connectivity index (χ4n) is 3.01. The van der Waals surface area contributed by atoms with E-state index in [-0.39, 0.29) is 0 Å². The van der Waals surface area contributed by atoms with E-state index >= 15 is 0 Å². The van der Waals surface area contributed by atoms with E-state index < -0.39 is 0 Å². The molecule has 0 spiro atoms. The number of rotatable bonds is 6. The molecule has 1 aliphatic heterocycles. The highest BCUT2D eigenvalue weighted by atomic mass is 32.2. The molecule has 3 rings (SSSR count). The maximum atomic E-state index is 3.43. The molecule has 1 saturated heterocycles. The van der Waals surface area contributed by atoms with Crippen molar-refractivity contribution in [3.8, 4) is 0 Å². The van der Waals surface area contributed by atoms with E-state index in [0.717, 1.165) is 25.4 Å². The van der Waals surface area contributed by atoms with Gasteiger partial charge in [0.2, 0.25) is 0 Å². The molecule has 0 amide bonds. The average Bonchev–Trinajstić information content (AvgIpc) is 2.59. The van der Waals surface area contributed by atoms with E-state index in [1.165, 1.54) is 28.8 Å². The SMILES string of the molecule is CN(C)C(CSc1ccc2ccccc2c1)CN1CCNCC1. The first kappa shape index (κ1) is 16.8. The van der Waals surface area contributed by atoms with E-state index in [0.29, 0.717) is 6.04 Å². The highest BCUT2D eigenvalue weighted by molar-refractivity contribution is 7.99. The molecule has 0 aliphatic carbocycles. The lowest BCUT2D eigenvalue weighted by Crippen LogP contribution is -2.49. The molecule has 1 unspecified atom stereocenters. The fraction of sp³-hybridized carbons (Fsp3) is 0.474. The first-order valence-corrected chi connectivity index (χ1v) is 9.42. The summed E-state index contributed by atoms with van der Waals surface area (Å²) in [5.74, 6) is 1.13. The lowest BCUT2D eigenvalue weighted by atomic mass is 10.1. The third-order valence-corrected chi connectivity index (χ3v) is 5.71. The lowest BCUT2D eigenvalue weighted by Gasteiger charge is -2.33. The Balaban J connectivity index is 1.60. The van der Waals surface area contributed by atoms with Crippen LogP contribution in [-0.4, -0.2) is 68.4 Å². The molecule has 2 aromatic carbocycles. The molecule has 1 aliphatic rings. The van der Waals surface area contributed by atoms with Crippen LogP contribution in [0.2, 0.25) is 0 Å². The van der Waals surface area contributed by atoms with Crippen LogP contribution in [0.3, 0.4) is 0 Å². The van der Waals surface area contributed by atoms with Crippen molar-refractivity contribution in [2.24, 2.45) is 0 Å². The van der Waals surface area contributed by atoms with Gasteiger partial charge in [-0.1, -0.05) is 30.3 Å². The normalized spacial score (nSPS) is 17.7. The van der Waals surface area contributed by atoms with Crippen LogP contribution < -0.4 is 5.32 Å². The number of benzene rings is 2. The van der Waals surface area contributed by atoms with Gasteiger partial charge in [0.1, 0.15) is 0 Å². The van der Waals surface area contributed by atoms with Crippen molar-refractivity contribution >= 4 is 22.5 Å². The number of nitrogens with zero attached hydrogens (tertiary/aromatic N) is 2. The Bertz CT molecular complexity index is 623. The van der Waals surface area contributed by atoms with Gasteiger partial charge in [-0.25, -0.2) is 0 Å². The molecule has 1 fully saturated rings. The van der Waals surface area contributed by atoms with Crippen molar-refractivity contribution in [2.45, 2.75) is 10.9 Å². The van der Waals surface area contributed by atoms with E-state index in [4.69, 9.17) is 0 Å². The highest BCUT2D eigenvalue weighted by Gasteiger charge is 2.18. The summed E-state index contributed by atoms with van der Waals surface area (Å²) in [5, 5.41) is 6.09. The minimum absolute atomic E-state index is 0.588. The summed E-state index contributed by atoms with van der Waals surface area (Å²) in [5.41, 5.74) is 0. The largest absolute Gasteiger partial charge is 0.314 e. The number of fused-ring (bicyclic) bond motifs is 1. The average molecular weight is 330 g/mol. The van der Waals surface area contributed by atoms with E-state index in [1.807, 2.05) is 11.8 Å². The van der Waals surface area contributed by atoms with Gasteiger partial charge >= 0.3 is 0 Å². The topological polar surface area (TPSA) is 18.5 Å². The first-order chi connectivity index (χ1) is 11.2. The monoisotopic (exact) mass is 329 g/mol. The van der Waals surface area contributed by atoms with Crippen LogP contribution in [0.25, 0.3) is 10.8 Å². The summed E-state index contributed by atoms with van der Waals surface area (Å²) >= 11 is 1.98. The maximum Gasteiger partial charge on any atom is 0.0311 e. The van der Waals surface area contributed by atoms with Crippen molar-refractivity contribution in [3.63, 3.8) is 0 Å². The summed E-state index contributed by atoms with van der Waals surface area (Å²) in [7, 11) is 4.40. The second kappa shape index (κ2) is 8.15. The number of piperazine rings is 1. The van der Waals surface area contributed by atoms with Gasteiger partial charge < -0.3 is 10.2 Å². The molecule has 2 aromatic rings. The van der Waals surface area contributed by atoms with Crippen molar-refractivity contribution in [1.82, 2.24) is 15.1 Å². The predicted molar refractivity (Wildman–Crippen MR) is 101 cm³/mol. The molecule has 0 radical (unpaired) electrons. The quantitative estimate of drug-likeness (QED) is 0.821. The van der Waals surface area contributed by atoms with Crippen molar-refractivity contribution in [3.05, 3.63) is 42.5 Å². The second-order valence-corrected chi connectivity index (χ2v) is 7.58. The molecule has 0 saturated carbocycles. The van der Waals surface area contributed by atoms with E-state index in [1.54, 1.807) is 0 Å². The molecule has 124 valence electrons. The van der Waals surface area contributed by atoms with E-state index in [2.05, 4.69) is 71.7 Å². The molecule has 1 heterocycles. The van der Waals surface area contributed by atoms with Crippen LogP contribution in [0.1, 0.15) is 0 Å². The molecule has 3 nitrogen and oxygen atoms in total. The Morgan fingerprint density at radius 1 is 1.09 bits per heavy atom. The van der Waals surface area contributed by atoms with Gasteiger partial charge in [-0.2, -0.15) is 0 Å². The number of hydrogen-bond donors (Lipinski definition) is 1. The van der Waals surface area contributed by atoms with Crippen LogP contribution in [0.15, 0.2) is 47.4 Å². The Hall–Kier alpha value is -1.07. The summed E-state index contributed by atoms with van der Waals surface area (Å²) in [4.78, 5) is 6.33. The Kier molecular flexibility index (Phi) is 5.95. The van der Waals surface area contributed by atoms with Crippen molar-refractivity contribution < 1.29 is 0 Å². The van der Waals surface area contributed by atoms with Gasteiger partial charge in [0.25, 0.3) is 0 Å². The second-order valence-electron chi connectivity index (χ2n) is 6.49. The number of nitrogens with one attached hydrogen (secondary N) is 1. The Labute approximate surface area is 144 Å². The summed E-state index contributed by atoms with van der Waals surface area (Å²) < 4.78 is 0. The fourth-order valence-corrected chi connectivity index (χ4v) is 4.17. The lowest BCUT2D eigenvalue weighted by molar-refractivity contribution is 0.179. The van der Waals surface area contributed by atoms with E-state index in [9.17, 15) is 0 Å². The standard InChI is InChI=1S/C19H27N3S/c1-21(2)18(14-22-11-9-20-10-12-22)15-23-19-8-7-16-5-3-4-6-17(16)13-19/h3-8,13,18,20H,9-12,14-15H2,1-2H3. The zero-order valence-electron chi connectivity index (χ0n) is 14.2. The molecule has 1 atom stereocenters. The zero-order valence-corrected chi connectivity index (χ0v) is 15.0. The minimum Gasteiger partial charge on any atom is -0.314 e. The smallest absolute Gasteiger partial charge is 0.0311 e. The van der Waals surface area contributed by atoms with Gasteiger partial charge in [-0.05, 0) is 37.0 Å². The molecule has 23 heavy (non-hydrogen) atoms. The van der Waals surface area contributed by atoms with Gasteiger partial charge in [0.05, 0.1) is 0 Å². The van der Waals surface area contributed by atoms with Crippen molar-refractivity contribution in [1.29, 1.82) is 0 Å². The number of likely N-dealkylation sites (N-methyl/N-ethyl adjacent to an activating group) is 1. The maximum absolute atomic E-state index is 3.43. The molecular formula is C19H27N3S. The predicted octanol–water partition coefficient (Wildman–Crippen LogP) is 2.77. The van der Waals surface area contributed by atoms with Crippen molar-refractivity contribution in [2.75, 3.05) is 52.6 Å².